The third-order valence-electron chi connectivity index (χ3n) is 3.40. The van der Waals surface area contributed by atoms with E-state index in [9.17, 15) is 9.59 Å². The first-order valence-corrected chi connectivity index (χ1v) is 7.47. The third kappa shape index (κ3) is 4.44. The molecule has 2 amide bonds. The Bertz CT molecular complexity index is 504. The number of nitrogens with zero attached hydrogens (tertiary/aromatic N) is 2. The van der Waals surface area contributed by atoms with Crippen LogP contribution in [0.15, 0.2) is 18.2 Å². The van der Waals surface area contributed by atoms with Crippen molar-refractivity contribution >= 4 is 17.6 Å². The molecular weight excluding hydrogens is 268 g/mol. The van der Waals surface area contributed by atoms with Crippen LogP contribution in [0, 0.1) is 0 Å². The van der Waals surface area contributed by atoms with Crippen molar-refractivity contribution in [3.63, 3.8) is 0 Å². The molecule has 0 saturated carbocycles. The number of aromatic nitrogens is 1. The van der Waals surface area contributed by atoms with E-state index in [1.165, 1.54) is 0 Å². The minimum Gasteiger partial charge on any atom is -0.370 e. The van der Waals surface area contributed by atoms with Crippen molar-refractivity contribution < 1.29 is 9.59 Å². The maximum absolute atomic E-state index is 12.0. The van der Waals surface area contributed by atoms with Crippen LogP contribution in [0.3, 0.4) is 0 Å². The third-order valence-corrected chi connectivity index (χ3v) is 3.40. The van der Waals surface area contributed by atoms with Crippen molar-refractivity contribution in [2.75, 3.05) is 31.5 Å². The molecule has 1 aliphatic heterocycles. The summed E-state index contributed by atoms with van der Waals surface area (Å²) in [6, 6.07) is 5.34. The topological polar surface area (TPSA) is 74.3 Å². The Morgan fingerprint density at radius 3 is 3.00 bits per heavy atom. The van der Waals surface area contributed by atoms with Crippen LogP contribution in [0.5, 0.6) is 0 Å². The summed E-state index contributed by atoms with van der Waals surface area (Å²) in [4.78, 5) is 29.5. The van der Waals surface area contributed by atoms with Crippen LogP contribution >= 0.6 is 0 Å². The summed E-state index contributed by atoms with van der Waals surface area (Å²) in [6.07, 6.45) is 2.38. The maximum atomic E-state index is 12.0. The van der Waals surface area contributed by atoms with Gasteiger partial charge in [0.25, 0.3) is 5.91 Å². The number of anilines is 1. The second kappa shape index (κ2) is 7.61. The molecule has 1 aliphatic rings. The molecule has 0 atom stereocenters. The SMILES string of the molecule is CCNc1cccc(C(=O)NCCCN2CCCC2=O)n1. The molecule has 6 heteroatoms. The molecule has 0 spiro atoms. The second-order valence-corrected chi connectivity index (χ2v) is 5.03. The number of carbonyl (C=O) groups is 2. The summed E-state index contributed by atoms with van der Waals surface area (Å²) >= 11 is 0. The summed E-state index contributed by atoms with van der Waals surface area (Å²) < 4.78 is 0. The number of hydrogen-bond acceptors (Lipinski definition) is 4. The lowest BCUT2D eigenvalue weighted by Crippen LogP contribution is -2.31. The smallest absolute Gasteiger partial charge is 0.269 e. The number of pyridine rings is 1. The second-order valence-electron chi connectivity index (χ2n) is 5.03. The van der Waals surface area contributed by atoms with E-state index in [2.05, 4.69) is 15.6 Å². The molecule has 114 valence electrons. The molecule has 0 aromatic carbocycles. The largest absolute Gasteiger partial charge is 0.370 e. The van der Waals surface area contributed by atoms with Gasteiger partial charge in [-0.3, -0.25) is 9.59 Å². The Morgan fingerprint density at radius 1 is 1.43 bits per heavy atom. The summed E-state index contributed by atoms with van der Waals surface area (Å²) in [5, 5.41) is 5.92. The van der Waals surface area contributed by atoms with Gasteiger partial charge in [0.2, 0.25) is 5.91 Å². The molecule has 1 aromatic heterocycles. The van der Waals surface area contributed by atoms with Gasteiger partial charge in [-0.1, -0.05) is 6.07 Å². The molecule has 6 nitrogen and oxygen atoms in total. The Balaban J connectivity index is 1.74. The van der Waals surface area contributed by atoms with Crippen LogP contribution < -0.4 is 10.6 Å². The van der Waals surface area contributed by atoms with Gasteiger partial charge < -0.3 is 15.5 Å². The van der Waals surface area contributed by atoms with Crippen LogP contribution in [0.25, 0.3) is 0 Å². The molecule has 1 saturated heterocycles. The van der Waals surface area contributed by atoms with E-state index in [1.807, 2.05) is 24.0 Å². The van der Waals surface area contributed by atoms with Gasteiger partial charge in [0.05, 0.1) is 0 Å². The number of amides is 2. The van der Waals surface area contributed by atoms with E-state index in [-0.39, 0.29) is 11.8 Å². The molecular formula is C15H22N4O2. The molecule has 2 rings (SSSR count). The summed E-state index contributed by atoms with van der Waals surface area (Å²) in [5.74, 6) is 0.747. The Morgan fingerprint density at radius 2 is 2.29 bits per heavy atom. The van der Waals surface area contributed by atoms with E-state index < -0.39 is 0 Å². The number of likely N-dealkylation sites (tertiary alicyclic amines) is 1. The van der Waals surface area contributed by atoms with Gasteiger partial charge in [-0.15, -0.1) is 0 Å². The van der Waals surface area contributed by atoms with Gasteiger partial charge in [0.15, 0.2) is 0 Å². The van der Waals surface area contributed by atoms with Gasteiger partial charge in [-0.25, -0.2) is 4.98 Å². The molecule has 2 N–H and O–H groups in total. The molecule has 0 radical (unpaired) electrons. The van der Waals surface area contributed by atoms with Gasteiger partial charge in [0.1, 0.15) is 11.5 Å². The van der Waals surface area contributed by atoms with Crippen molar-refractivity contribution in [1.82, 2.24) is 15.2 Å². The van der Waals surface area contributed by atoms with Crippen molar-refractivity contribution in [2.45, 2.75) is 26.2 Å². The van der Waals surface area contributed by atoms with Crippen LogP contribution in [0.4, 0.5) is 5.82 Å². The number of rotatable bonds is 7. The van der Waals surface area contributed by atoms with Crippen molar-refractivity contribution in [2.24, 2.45) is 0 Å². The molecule has 0 bridgehead atoms. The van der Waals surface area contributed by atoms with Gasteiger partial charge >= 0.3 is 0 Å². The Hall–Kier alpha value is -2.11. The Kier molecular flexibility index (Phi) is 5.54. The quantitative estimate of drug-likeness (QED) is 0.741. The Labute approximate surface area is 124 Å². The van der Waals surface area contributed by atoms with E-state index in [0.717, 1.165) is 25.9 Å². The van der Waals surface area contributed by atoms with Crippen LogP contribution in [-0.4, -0.2) is 47.9 Å². The molecule has 1 fully saturated rings. The predicted molar refractivity (Wildman–Crippen MR) is 81.2 cm³/mol. The zero-order valence-electron chi connectivity index (χ0n) is 12.4. The molecule has 0 unspecified atom stereocenters. The predicted octanol–water partition coefficient (Wildman–Crippen LogP) is 1.26. The standard InChI is InChI=1S/C15H22N4O2/c1-2-16-13-7-3-6-12(18-13)15(21)17-9-5-11-19-10-4-8-14(19)20/h3,6-7H,2,4-5,8-11H2,1H3,(H,16,18)(H,17,21). The van der Waals surface area contributed by atoms with Crippen LogP contribution in [0.1, 0.15) is 36.7 Å². The van der Waals surface area contributed by atoms with Crippen molar-refractivity contribution in [3.8, 4) is 0 Å². The van der Waals surface area contributed by atoms with Crippen molar-refractivity contribution in [3.05, 3.63) is 23.9 Å². The zero-order chi connectivity index (χ0) is 15.1. The summed E-state index contributed by atoms with van der Waals surface area (Å²) in [6.45, 7) is 4.86. The molecule has 21 heavy (non-hydrogen) atoms. The number of hydrogen-bond donors (Lipinski definition) is 2. The fourth-order valence-electron chi connectivity index (χ4n) is 2.34. The van der Waals surface area contributed by atoms with E-state index in [4.69, 9.17) is 0 Å². The lowest BCUT2D eigenvalue weighted by Gasteiger charge is -2.15. The fourth-order valence-corrected chi connectivity index (χ4v) is 2.34. The highest BCUT2D eigenvalue weighted by Crippen LogP contribution is 2.09. The van der Waals surface area contributed by atoms with Gasteiger partial charge in [0, 0.05) is 32.6 Å². The van der Waals surface area contributed by atoms with Gasteiger partial charge in [-0.05, 0) is 31.9 Å². The fraction of sp³-hybridized carbons (Fsp3) is 0.533. The normalized spacial score (nSPS) is 14.3. The monoisotopic (exact) mass is 290 g/mol. The minimum absolute atomic E-state index is 0.178. The molecule has 2 heterocycles. The zero-order valence-corrected chi connectivity index (χ0v) is 12.4. The van der Waals surface area contributed by atoms with E-state index in [0.29, 0.717) is 31.0 Å². The number of carbonyl (C=O) groups excluding carboxylic acids is 2. The lowest BCUT2D eigenvalue weighted by atomic mass is 10.3. The van der Waals surface area contributed by atoms with E-state index >= 15 is 0 Å². The molecule has 1 aromatic rings. The average molecular weight is 290 g/mol. The average Bonchev–Trinajstić information content (AvgIpc) is 2.89. The van der Waals surface area contributed by atoms with Gasteiger partial charge in [-0.2, -0.15) is 0 Å². The van der Waals surface area contributed by atoms with Crippen molar-refractivity contribution in [1.29, 1.82) is 0 Å². The first-order valence-electron chi connectivity index (χ1n) is 7.47. The highest BCUT2D eigenvalue weighted by Gasteiger charge is 2.19. The minimum atomic E-state index is -0.178. The van der Waals surface area contributed by atoms with E-state index in [1.54, 1.807) is 6.07 Å². The highest BCUT2D eigenvalue weighted by atomic mass is 16.2. The first-order chi connectivity index (χ1) is 10.2. The van der Waals surface area contributed by atoms with Crippen LogP contribution in [-0.2, 0) is 4.79 Å². The number of nitrogens with one attached hydrogen (secondary N) is 2. The summed E-state index contributed by atoms with van der Waals surface area (Å²) in [7, 11) is 0. The summed E-state index contributed by atoms with van der Waals surface area (Å²) in [5.41, 5.74) is 0.408. The van der Waals surface area contributed by atoms with Crippen LogP contribution in [0.2, 0.25) is 0 Å². The lowest BCUT2D eigenvalue weighted by molar-refractivity contribution is -0.127. The molecule has 0 aliphatic carbocycles. The first kappa shape index (κ1) is 15.3. The highest BCUT2D eigenvalue weighted by molar-refractivity contribution is 5.92. The maximum Gasteiger partial charge on any atom is 0.269 e.